The number of carbonyl (C=O) groups excluding carboxylic acids is 2. The number of aromatic carboxylic acids is 1. The van der Waals surface area contributed by atoms with E-state index in [1.54, 1.807) is 18.2 Å². The molecule has 2 heterocycles. The summed E-state index contributed by atoms with van der Waals surface area (Å²) in [5.41, 5.74) is 0.775. The van der Waals surface area contributed by atoms with Gasteiger partial charge in [-0.15, -0.1) is 0 Å². The molecule has 2 N–H and O–H groups in total. The van der Waals surface area contributed by atoms with E-state index < -0.39 is 17.7 Å². The van der Waals surface area contributed by atoms with Crippen molar-refractivity contribution in [3.63, 3.8) is 0 Å². The number of anilines is 2. The van der Waals surface area contributed by atoms with Gasteiger partial charge in [0.25, 0.3) is 5.91 Å². The number of carboxylic acids is 1. The second kappa shape index (κ2) is 9.99. The minimum atomic E-state index is -1.11. The number of hydrogen-bond acceptors (Lipinski definition) is 5. The molecular weight excluding hydrogens is 427 g/mol. The molecule has 2 aromatic carbocycles. The van der Waals surface area contributed by atoms with E-state index in [1.165, 1.54) is 24.3 Å². The Morgan fingerprint density at radius 2 is 1.61 bits per heavy atom. The Labute approximate surface area is 191 Å². The lowest BCUT2D eigenvalue weighted by atomic mass is 10.1. The van der Waals surface area contributed by atoms with Gasteiger partial charge >= 0.3 is 5.97 Å². The van der Waals surface area contributed by atoms with E-state index in [4.69, 9.17) is 0 Å². The molecule has 0 radical (unpaired) electrons. The molecule has 0 aromatic heterocycles. The van der Waals surface area contributed by atoms with Gasteiger partial charge in [0.05, 0.1) is 23.4 Å². The van der Waals surface area contributed by atoms with E-state index >= 15 is 0 Å². The second-order valence-electron chi connectivity index (χ2n) is 8.32. The topological polar surface area (TPSA) is 93.2 Å². The van der Waals surface area contributed by atoms with Crippen LogP contribution in [0.4, 0.5) is 15.8 Å². The maximum atomic E-state index is 13.9. The quantitative estimate of drug-likeness (QED) is 0.697. The number of carboxylic acid groups (broad SMARTS) is 1. The van der Waals surface area contributed by atoms with Crippen LogP contribution < -0.4 is 10.2 Å². The number of hydrogen-bond donors (Lipinski definition) is 2. The highest BCUT2D eigenvalue weighted by Gasteiger charge is 2.25. The van der Waals surface area contributed by atoms with Gasteiger partial charge in [0.15, 0.2) is 0 Å². The first-order chi connectivity index (χ1) is 15.9. The molecule has 0 saturated carbocycles. The van der Waals surface area contributed by atoms with Crippen LogP contribution in [-0.4, -0.2) is 78.5 Å². The first-order valence-corrected chi connectivity index (χ1v) is 11.1. The molecule has 0 spiro atoms. The van der Waals surface area contributed by atoms with Gasteiger partial charge in [0, 0.05) is 45.0 Å². The standard InChI is InChI=1S/C24H27FN4O4/c25-20-6-2-1-5-18(20)23(31)26-17-7-8-21(19(15-17)24(32)33)28-13-11-27(12-14-28)16-22(30)29-9-3-4-10-29/h1-2,5-8,15H,3-4,9-14,16H2,(H,26,31)(H,32,33). The fraction of sp³-hybridized carbons (Fsp3) is 0.375. The predicted molar refractivity (Wildman–Crippen MR) is 122 cm³/mol. The van der Waals surface area contributed by atoms with E-state index in [2.05, 4.69) is 10.2 Å². The second-order valence-corrected chi connectivity index (χ2v) is 8.32. The third kappa shape index (κ3) is 5.31. The Kier molecular flexibility index (Phi) is 6.88. The SMILES string of the molecule is O=C(Nc1ccc(N2CCN(CC(=O)N3CCCC3)CC2)c(C(=O)O)c1)c1ccccc1F. The third-order valence-corrected chi connectivity index (χ3v) is 6.13. The number of amides is 2. The van der Waals surface area contributed by atoms with E-state index in [0.717, 1.165) is 25.9 Å². The summed E-state index contributed by atoms with van der Waals surface area (Å²) in [6.45, 7) is 4.56. The van der Waals surface area contributed by atoms with Crippen LogP contribution in [0.1, 0.15) is 33.6 Å². The normalized spacial score (nSPS) is 16.6. The van der Waals surface area contributed by atoms with Crippen molar-refractivity contribution < 1.29 is 23.9 Å². The largest absolute Gasteiger partial charge is 0.478 e. The number of nitrogens with zero attached hydrogens (tertiary/aromatic N) is 3. The van der Waals surface area contributed by atoms with Gasteiger partial charge in [0.1, 0.15) is 5.82 Å². The lowest BCUT2D eigenvalue weighted by Gasteiger charge is -2.37. The molecule has 0 aliphatic carbocycles. The number of rotatable bonds is 6. The Hall–Kier alpha value is -3.46. The molecule has 2 saturated heterocycles. The first-order valence-electron chi connectivity index (χ1n) is 11.1. The summed E-state index contributed by atoms with van der Waals surface area (Å²) in [4.78, 5) is 42.7. The van der Waals surface area contributed by atoms with Crippen molar-refractivity contribution in [3.8, 4) is 0 Å². The van der Waals surface area contributed by atoms with Crippen molar-refractivity contribution in [2.45, 2.75) is 12.8 Å². The van der Waals surface area contributed by atoms with Crippen LogP contribution in [0.25, 0.3) is 0 Å². The van der Waals surface area contributed by atoms with Crippen molar-refractivity contribution in [1.82, 2.24) is 9.80 Å². The van der Waals surface area contributed by atoms with Crippen molar-refractivity contribution in [3.05, 3.63) is 59.4 Å². The van der Waals surface area contributed by atoms with Gasteiger partial charge in [-0.25, -0.2) is 9.18 Å². The number of piperazine rings is 1. The van der Waals surface area contributed by atoms with Gasteiger partial charge in [-0.1, -0.05) is 12.1 Å². The highest BCUT2D eigenvalue weighted by Crippen LogP contribution is 2.26. The van der Waals surface area contributed by atoms with Crippen LogP contribution >= 0.6 is 0 Å². The molecule has 0 bridgehead atoms. The predicted octanol–water partition coefficient (Wildman–Crippen LogP) is 2.52. The molecular formula is C24H27FN4O4. The Balaban J connectivity index is 1.41. The summed E-state index contributed by atoms with van der Waals surface area (Å²) in [7, 11) is 0. The van der Waals surface area contributed by atoms with Gasteiger partial charge in [0.2, 0.25) is 5.91 Å². The fourth-order valence-electron chi connectivity index (χ4n) is 4.31. The number of likely N-dealkylation sites (tertiary alicyclic amines) is 1. The van der Waals surface area contributed by atoms with Gasteiger partial charge in [-0.3, -0.25) is 14.5 Å². The molecule has 0 atom stereocenters. The number of halogens is 1. The number of carbonyl (C=O) groups is 3. The van der Waals surface area contributed by atoms with Crippen LogP contribution in [0.15, 0.2) is 42.5 Å². The lowest BCUT2D eigenvalue weighted by molar-refractivity contribution is -0.131. The maximum Gasteiger partial charge on any atom is 0.337 e. The fourth-order valence-corrected chi connectivity index (χ4v) is 4.31. The van der Waals surface area contributed by atoms with Crippen molar-refractivity contribution in [2.75, 3.05) is 56.0 Å². The summed E-state index contributed by atoms with van der Waals surface area (Å²) in [6, 6.07) is 10.3. The molecule has 2 amide bonds. The van der Waals surface area contributed by atoms with Gasteiger partial charge in [-0.05, 0) is 43.2 Å². The molecule has 8 nitrogen and oxygen atoms in total. The van der Waals surface area contributed by atoms with Crippen molar-refractivity contribution in [2.24, 2.45) is 0 Å². The molecule has 2 aromatic rings. The summed E-state index contributed by atoms with van der Waals surface area (Å²) >= 11 is 0. The molecule has 2 aliphatic rings. The van der Waals surface area contributed by atoms with Crippen molar-refractivity contribution in [1.29, 1.82) is 0 Å². The summed E-state index contributed by atoms with van der Waals surface area (Å²) in [6.07, 6.45) is 2.13. The Bertz CT molecular complexity index is 1050. The summed E-state index contributed by atoms with van der Waals surface area (Å²) in [5.74, 6) is -2.25. The highest BCUT2D eigenvalue weighted by atomic mass is 19.1. The number of nitrogens with one attached hydrogen (secondary N) is 1. The molecule has 2 fully saturated rings. The van der Waals surface area contributed by atoms with Crippen LogP contribution in [0.5, 0.6) is 0 Å². The third-order valence-electron chi connectivity index (χ3n) is 6.13. The Morgan fingerprint density at radius 3 is 2.27 bits per heavy atom. The van der Waals surface area contributed by atoms with Crippen LogP contribution in [0.2, 0.25) is 0 Å². The zero-order valence-electron chi connectivity index (χ0n) is 18.3. The average molecular weight is 455 g/mol. The minimum absolute atomic E-state index is 0.0583. The molecule has 4 rings (SSSR count). The Morgan fingerprint density at radius 1 is 0.909 bits per heavy atom. The summed E-state index contributed by atoms with van der Waals surface area (Å²) in [5, 5.41) is 12.3. The monoisotopic (exact) mass is 454 g/mol. The first kappa shape index (κ1) is 22.7. The molecule has 9 heteroatoms. The van der Waals surface area contributed by atoms with E-state index in [0.29, 0.717) is 38.4 Å². The molecule has 174 valence electrons. The summed E-state index contributed by atoms with van der Waals surface area (Å²) < 4.78 is 13.9. The van der Waals surface area contributed by atoms with Crippen LogP contribution in [0.3, 0.4) is 0 Å². The van der Waals surface area contributed by atoms with Gasteiger partial charge < -0.3 is 20.2 Å². The molecule has 0 unspecified atom stereocenters. The lowest BCUT2D eigenvalue weighted by Crippen LogP contribution is -2.50. The van der Waals surface area contributed by atoms with Gasteiger partial charge in [-0.2, -0.15) is 0 Å². The maximum absolute atomic E-state index is 13.9. The smallest absolute Gasteiger partial charge is 0.337 e. The zero-order valence-corrected chi connectivity index (χ0v) is 18.3. The van der Waals surface area contributed by atoms with Crippen LogP contribution in [-0.2, 0) is 4.79 Å². The van der Waals surface area contributed by atoms with E-state index in [1.807, 2.05) is 9.80 Å². The molecule has 2 aliphatic heterocycles. The number of benzene rings is 2. The van der Waals surface area contributed by atoms with E-state index in [-0.39, 0.29) is 22.7 Å². The van der Waals surface area contributed by atoms with Crippen molar-refractivity contribution >= 4 is 29.2 Å². The highest BCUT2D eigenvalue weighted by molar-refractivity contribution is 6.05. The average Bonchev–Trinajstić information content (AvgIpc) is 3.35. The van der Waals surface area contributed by atoms with Crippen LogP contribution in [0, 0.1) is 5.82 Å². The van der Waals surface area contributed by atoms with E-state index in [9.17, 15) is 23.9 Å². The molecule has 33 heavy (non-hydrogen) atoms. The minimum Gasteiger partial charge on any atom is -0.478 e. The zero-order chi connectivity index (χ0) is 23.4.